The van der Waals surface area contributed by atoms with Crippen LogP contribution >= 0.6 is 24.0 Å². The summed E-state index contributed by atoms with van der Waals surface area (Å²) in [5.74, 6) is 2.23. The maximum atomic E-state index is 11.7. The monoisotopic (exact) mass is 480 g/mol. The molecule has 0 saturated carbocycles. The highest BCUT2D eigenvalue weighted by atomic mass is 127. The second kappa shape index (κ2) is 9.72. The zero-order chi connectivity index (χ0) is 17.7. The summed E-state index contributed by atoms with van der Waals surface area (Å²) in [5, 5.41) is 3.38. The minimum atomic E-state index is -3.38. The van der Waals surface area contributed by atoms with Gasteiger partial charge >= 0.3 is 0 Å². The summed E-state index contributed by atoms with van der Waals surface area (Å²) >= 11 is 0. The van der Waals surface area contributed by atoms with Crippen molar-refractivity contribution in [3.05, 3.63) is 29.8 Å². The Balaban J connectivity index is 0.00000312. The van der Waals surface area contributed by atoms with Gasteiger partial charge in [-0.25, -0.2) is 13.1 Å². The van der Waals surface area contributed by atoms with Crippen molar-refractivity contribution in [2.75, 3.05) is 27.2 Å². The zero-order valence-corrected chi connectivity index (χ0v) is 18.5. The number of halogens is 1. The lowest BCUT2D eigenvalue weighted by Gasteiger charge is -2.37. The van der Waals surface area contributed by atoms with E-state index in [2.05, 4.69) is 33.8 Å². The molecule has 142 valence electrons. The number of sulfonamides is 1. The first-order chi connectivity index (χ1) is 11.4. The summed E-state index contributed by atoms with van der Waals surface area (Å²) in [6.07, 6.45) is 1.26. The van der Waals surface area contributed by atoms with Crippen molar-refractivity contribution in [2.45, 2.75) is 31.7 Å². The fourth-order valence-corrected chi connectivity index (χ4v) is 3.98. The predicted molar refractivity (Wildman–Crippen MR) is 113 cm³/mol. The van der Waals surface area contributed by atoms with Gasteiger partial charge in [-0.2, -0.15) is 0 Å². The summed E-state index contributed by atoms with van der Waals surface area (Å²) in [4.78, 5) is 6.97. The van der Waals surface area contributed by atoms with Crippen LogP contribution in [0.15, 0.2) is 34.2 Å². The highest BCUT2D eigenvalue weighted by Crippen LogP contribution is 2.21. The van der Waals surface area contributed by atoms with Crippen LogP contribution in [-0.2, 0) is 16.6 Å². The van der Waals surface area contributed by atoms with Crippen LogP contribution in [0.4, 0.5) is 0 Å². The molecule has 1 aliphatic rings. The molecule has 1 saturated heterocycles. The van der Waals surface area contributed by atoms with Gasteiger partial charge in [-0.1, -0.05) is 26.0 Å². The van der Waals surface area contributed by atoms with Crippen LogP contribution in [0.25, 0.3) is 0 Å². The summed E-state index contributed by atoms with van der Waals surface area (Å²) in [6, 6.07) is 6.89. The van der Waals surface area contributed by atoms with E-state index >= 15 is 0 Å². The van der Waals surface area contributed by atoms with Crippen molar-refractivity contribution in [1.82, 2.24) is 14.9 Å². The van der Waals surface area contributed by atoms with E-state index in [4.69, 9.17) is 0 Å². The van der Waals surface area contributed by atoms with E-state index in [-0.39, 0.29) is 28.9 Å². The lowest BCUT2D eigenvalue weighted by Crippen LogP contribution is -2.48. The van der Waals surface area contributed by atoms with Crippen molar-refractivity contribution in [3.8, 4) is 0 Å². The Kier molecular flexibility index (Phi) is 8.62. The van der Waals surface area contributed by atoms with Crippen LogP contribution in [-0.4, -0.2) is 46.5 Å². The Morgan fingerprint density at radius 1 is 1.20 bits per heavy atom. The summed E-state index contributed by atoms with van der Waals surface area (Å²) in [7, 11) is -0.170. The maximum Gasteiger partial charge on any atom is 0.240 e. The third-order valence-corrected chi connectivity index (χ3v) is 5.76. The van der Waals surface area contributed by atoms with E-state index < -0.39 is 10.0 Å². The third-order valence-electron chi connectivity index (χ3n) is 4.33. The summed E-state index contributed by atoms with van der Waals surface area (Å²) in [6.45, 7) is 7.20. The molecule has 0 aliphatic carbocycles. The normalized spacial score (nSPS) is 21.6. The first-order valence-electron chi connectivity index (χ1n) is 8.33. The number of hydrogen-bond acceptors (Lipinski definition) is 3. The van der Waals surface area contributed by atoms with Crippen LogP contribution in [0.1, 0.15) is 25.8 Å². The number of nitrogens with zero attached hydrogens (tertiary/aromatic N) is 2. The van der Waals surface area contributed by atoms with Crippen LogP contribution < -0.4 is 10.0 Å². The smallest absolute Gasteiger partial charge is 0.240 e. The predicted octanol–water partition coefficient (Wildman–Crippen LogP) is 2.27. The van der Waals surface area contributed by atoms with Gasteiger partial charge in [0.15, 0.2) is 5.96 Å². The van der Waals surface area contributed by atoms with Gasteiger partial charge in [-0.15, -0.1) is 24.0 Å². The van der Waals surface area contributed by atoms with Crippen molar-refractivity contribution in [2.24, 2.45) is 16.8 Å². The number of benzene rings is 1. The molecular weight excluding hydrogens is 451 g/mol. The standard InChI is InChI=1S/C17H28N4O2S.HI/c1-13-9-14(2)12-21(11-13)17(18-3)20-10-15-5-7-16(8-6-15)24(22,23)19-4;/h5-8,13-14,19H,9-12H2,1-4H3,(H,18,20);1H. The molecule has 0 aromatic heterocycles. The quantitative estimate of drug-likeness (QED) is 0.394. The molecule has 8 heteroatoms. The van der Waals surface area contributed by atoms with Crippen molar-refractivity contribution >= 4 is 40.0 Å². The number of aliphatic imine (C=N–C) groups is 1. The molecule has 2 unspecified atom stereocenters. The summed E-state index contributed by atoms with van der Waals surface area (Å²) in [5.41, 5.74) is 1.02. The Labute approximate surface area is 168 Å². The average molecular weight is 480 g/mol. The average Bonchev–Trinajstić information content (AvgIpc) is 2.55. The molecule has 2 rings (SSSR count). The molecule has 0 amide bonds. The number of nitrogens with one attached hydrogen (secondary N) is 2. The Morgan fingerprint density at radius 2 is 1.76 bits per heavy atom. The second-order valence-electron chi connectivity index (χ2n) is 6.60. The first kappa shape index (κ1) is 22.2. The van der Waals surface area contributed by atoms with Crippen molar-refractivity contribution in [3.63, 3.8) is 0 Å². The van der Waals surface area contributed by atoms with Crippen molar-refractivity contribution in [1.29, 1.82) is 0 Å². The molecule has 2 N–H and O–H groups in total. The maximum absolute atomic E-state index is 11.7. The van der Waals surface area contributed by atoms with Gasteiger partial charge in [0.05, 0.1) is 4.90 Å². The molecule has 1 aromatic rings. The van der Waals surface area contributed by atoms with Gasteiger partial charge in [-0.3, -0.25) is 4.99 Å². The fourth-order valence-electron chi connectivity index (χ4n) is 3.25. The lowest BCUT2D eigenvalue weighted by atomic mass is 9.92. The molecule has 0 spiro atoms. The number of rotatable bonds is 4. The van der Waals surface area contributed by atoms with Crippen molar-refractivity contribution < 1.29 is 8.42 Å². The molecule has 1 fully saturated rings. The number of piperidine rings is 1. The Morgan fingerprint density at radius 3 is 2.24 bits per heavy atom. The van der Waals surface area contributed by atoms with E-state index in [9.17, 15) is 8.42 Å². The molecular formula is C17H29IN4O2S. The molecule has 0 bridgehead atoms. The SMILES string of the molecule is CN=C(NCc1ccc(S(=O)(=O)NC)cc1)N1CC(C)CC(C)C1.I. The Hall–Kier alpha value is -0.870. The molecule has 1 aliphatic heterocycles. The highest BCUT2D eigenvalue weighted by molar-refractivity contribution is 14.0. The van der Waals surface area contributed by atoms with E-state index in [0.717, 1.165) is 24.6 Å². The van der Waals surface area contributed by atoms with Gasteiger partial charge in [0, 0.05) is 26.7 Å². The van der Waals surface area contributed by atoms with E-state index in [1.54, 1.807) is 19.2 Å². The lowest BCUT2D eigenvalue weighted by molar-refractivity contribution is 0.208. The van der Waals surface area contributed by atoms with Gasteiger partial charge in [0.1, 0.15) is 0 Å². The van der Waals surface area contributed by atoms with Gasteiger partial charge in [-0.05, 0) is 43.0 Å². The topological polar surface area (TPSA) is 73.8 Å². The minimum Gasteiger partial charge on any atom is -0.352 e. The molecule has 6 nitrogen and oxygen atoms in total. The van der Waals surface area contributed by atoms with Crippen LogP contribution in [0.2, 0.25) is 0 Å². The van der Waals surface area contributed by atoms with Gasteiger partial charge in [0.2, 0.25) is 10.0 Å². The third kappa shape index (κ3) is 6.10. The van der Waals surface area contributed by atoms with Gasteiger partial charge < -0.3 is 10.2 Å². The first-order valence-corrected chi connectivity index (χ1v) is 9.82. The van der Waals surface area contributed by atoms with E-state index in [1.165, 1.54) is 13.5 Å². The largest absolute Gasteiger partial charge is 0.352 e. The molecule has 0 radical (unpaired) electrons. The van der Waals surface area contributed by atoms with Crippen LogP contribution in [0.5, 0.6) is 0 Å². The number of likely N-dealkylation sites (tertiary alicyclic amines) is 1. The second-order valence-corrected chi connectivity index (χ2v) is 8.49. The zero-order valence-electron chi connectivity index (χ0n) is 15.3. The fraction of sp³-hybridized carbons (Fsp3) is 0.588. The van der Waals surface area contributed by atoms with Crippen LogP contribution in [0.3, 0.4) is 0 Å². The molecule has 2 atom stereocenters. The Bertz CT molecular complexity index is 666. The highest BCUT2D eigenvalue weighted by Gasteiger charge is 2.23. The van der Waals surface area contributed by atoms with Crippen LogP contribution in [0, 0.1) is 11.8 Å². The van der Waals surface area contributed by atoms with E-state index in [1.807, 2.05) is 12.1 Å². The van der Waals surface area contributed by atoms with Gasteiger partial charge in [0.25, 0.3) is 0 Å². The number of hydrogen-bond donors (Lipinski definition) is 2. The minimum absolute atomic E-state index is 0. The molecule has 1 heterocycles. The molecule has 1 aromatic carbocycles. The molecule has 25 heavy (non-hydrogen) atoms. The van der Waals surface area contributed by atoms with E-state index in [0.29, 0.717) is 18.4 Å². The number of guanidine groups is 1. The summed E-state index contributed by atoms with van der Waals surface area (Å²) < 4.78 is 25.8.